The molecule has 0 saturated carbocycles. The van der Waals surface area contributed by atoms with Crippen molar-refractivity contribution >= 4 is 0 Å². The molecule has 0 aromatic rings. The molecule has 0 N–H and O–H groups in total. The van der Waals surface area contributed by atoms with E-state index in [0.717, 1.165) is 32.8 Å². The van der Waals surface area contributed by atoms with Gasteiger partial charge >= 0.3 is 0 Å². The Labute approximate surface area is 78.5 Å². The van der Waals surface area contributed by atoms with Crippen molar-refractivity contribution in [3.05, 3.63) is 35.3 Å². The maximum atomic E-state index is 5.28. The van der Waals surface area contributed by atoms with Crippen LogP contribution in [0.4, 0.5) is 0 Å². The quantitative estimate of drug-likeness (QED) is 0.583. The second kappa shape index (κ2) is 4.27. The lowest BCUT2D eigenvalue weighted by molar-refractivity contribution is 0.0426. The zero-order valence-corrected chi connectivity index (χ0v) is 7.62. The second-order valence-corrected chi connectivity index (χ2v) is 3.21. The number of rotatable bonds is 2. The fraction of sp³-hybridized carbons (Fsp3) is 0.455. The first-order valence-electron chi connectivity index (χ1n) is 4.62. The molecule has 0 bridgehead atoms. The first kappa shape index (κ1) is 8.55. The van der Waals surface area contributed by atoms with Gasteiger partial charge in [-0.3, -0.25) is 4.90 Å². The van der Waals surface area contributed by atoms with Crippen LogP contribution in [0.3, 0.4) is 0 Å². The molecule has 0 spiro atoms. The average Bonchev–Trinajstić information content (AvgIpc) is 2.21. The molecule has 1 aliphatic carbocycles. The molecule has 1 fully saturated rings. The van der Waals surface area contributed by atoms with E-state index in [4.69, 9.17) is 4.74 Å². The third-order valence-electron chi connectivity index (χ3n) is 2.21. The summed E-state index contributed by atoms with van der Waals surface area (Å²) in [5.41, 5.74) is 7.29. The Hall–Kier alpha value is -1.04. The molecule has 0 atom stereocenters. The van der Waals surface area contributed by atoms with E-state index in [0.29, 0.717) is 0 Å². The zero-order chi connectivity index (χ0) is 8.93. The predicted molar refractivity (Wildman–Crippen MR) is 51.5 cm³/mol. The van der Waals surface area contributed by atoms with Crippen LogP contribution in [0.1, 0.15) is 0 Å². The van der Waals surface area contributed by atoms with Crippen LogP contribution in [0, 0.1) is 0 Å². The standard InChI is InChI=1S/C11H13NO/c1-2-4-11(5-3-1)10-12-6-8-13-9-7-12/h1-2,4H,6-10H2. The molecule has 13 heavy (non-hydrogen) atoms. The molecular weight excluding hydrogens is 162 g/mol. The Balaban J connectivity index is 1.93. The van der Waals surface area contributed by atoms with Gasteiger partial charge in [0.1, 0.15) is 0 Å². The lowest BCUT2D eigenvalue weighted by Gasteiger charge is -2.26. The van der Waals surface area contributed by atoms with Gasteiger partial charge in [-0.05, 0) is 12.2 Å². The van der Waals surface area contributed by atoms with Gasteiger partial charge in [0, 0.05) is 25.2 Å². The van der Waals surface area contributed by atoms with Crippen LogP contribution >= 0.6 is 0 Å². The maximum absolute atomic E-state index is 5.28. The molecule has 0 aromatic carbocycles. The van der Waals surface area contributed by atoms with E-state index in [1.807, 2.05) is 12.2 Å². The maximum Gasteiger partial charge on any atom is 0.0594 e. The lowest BCUT2D eigenvalue weighted by Crippen LogP contribution is -2.37. The van der Waals surface area contributed by atoms with Gasteiger partial charge in [0.25, 0.3) is 0 Å². The van der Waals surface area contributed by atoms with Crippen molar-refractivity contribution in [1.29, 1.82) is 0 Å². The lowest BCUT2D eigenvalue weighted by atomic mass is 10.2. The molecule has 1 aliphatic heterocycles. The summed E-state index contributed by atoms with van der Waals surface area (Å²) in [6.07, 6.45) is 5.97. The third kappa shape index (κ3) is 2.45. The van der Waals surface area contributed by atoms with E-state index < -0.39 is 0 Å². The van der Waals surface area contributed by atoms with Gasteiger partial charge in [0.2, 0.25) is 0 Å². The molecule has 2 aliphatic rings. The third-order valence-corrected chi connectivity index (χ3v) is 2.21. The molecule has 2 nitrogen and oxygen atoms in total. The SMILES string of the molecule is C1=C=C(CN2CCOCC2)C=CC=1. The van der Waals surface area contributed by atoms with Crippen molar-refractivity contribution in [2.24, 2.45) is 0 Å². The predicted octanol–water partition coefficient (Wildman–Crippen LogP) is 1.12. The van der Waals surface area contributed by atoms with E-state index in [1.165, 1.54) is 5.57 Å². The smallest absolute Gasteiger partial charge is 0.0594 e. The highest BCUT2D eigenvalue weighted by Crippen LogP contribution is 2.04. The number of allylic oxidation sites excluding steroid dienone is 2. The summed E-state index contributed by atoms with van der Waals surface area (Å²) in [5, 5.41) is 0. The summed E-state index contributed by atoms with van der Waals surface area (Å²) in [5.74, 6) is 0. The van der Waals surface area contributed by atoms with Crippen molar-refractivity contribution in [3.8, 4) is 0 Å². The van der Waals surface area contributed by atoms with Crippen LogP contribution in [0.25, 0.3) is 0 Å². The van der Waals surface area contributed by atoms with Crippen molar-refractivity contribution in [2.45, 2.75) is 0 Å². The zero-order valence-electron chi connectivity index (χ0n) is 7.62. The first-order valence-corrected chi connectivity index (χ1v) is 4.62. The summed E-state index contributed by atoms with van der Waals surface area (Å²) in [4.78, 5) is 2.38. The van der Waals surface area contributed by atoms with Gasteiger partial charge < -0.3 is 4.74 Å². The number of hydrogen-bond acceptors (Lipinski definition) is 2. The minimum Gasteiger partial charge on any atom is -0.379 e. The van der Waals surface area contributed by atoms with E-state index in [1.54, 1.807) is 0 Å². The van der Waals surface area contributed by atoms with Gasteiger partial charge in [-0.1, -0.05) is 17.5 Å². The fourth-order valence-electron chi connectivity index (χ4n) is 1.48. The Bertz CT molecular complexity index is 298. The van der Waals surface area contributed by atoms with E-state index in [9.17, 15) is 0 Å². The topological polar surface area (TPSA) is 12.5 Å². The summed E-state index contributed by atoms with van der Waals surface area (Å²) < 4.78 is 5.28. The van der Waals surface area contributed by atoms with Crippen LogP contribution < -0.4 is 0 Å². The van der Waals surface area contributed by atoms with E-state index >= 15 is 0 Å². The molecule has 0 amide bonds. The van der Waals surface area contributed by atoms with Crippen LogP contribution in [-0.2, 0) is 4.74 Å². The van der Waals surface area contributed by atoms with Crippen molar-refractivity contribution < 1.29 is 4.74 Å². The summed E-state index contributed by atoms with van der Waals surface area (Å²) >= 11 is 0. The number of morpholine rings is 1. The minimum absolute atomic E-state index is 0.858. The largest absolute Gasteiger partial charge is 0.379 e. The molecule has 2 rings (SSSR count). The summed E-state index contributed by atoms with van der Waals surface area (Å²) in [6, 6.07) is 0. The summed E-state index contributed by atoms with van der Waals surface area (Å²) in [6.45, 7) is 4.75. The molecule has 1 heterocycles. The highest BCUT2D eigenvalue weighted by molar-refractivity contribution is 5.26. The van der Waals surface area contributed by atoms with Crippen LogP contribution in [-0.4, -0.2) is 37.7 Å². The second-order valence-electron chi connectivity index (χ2n) is 3.21. The Kier molecular flexibility index (Phi) is 2.81. The number of nitrogens with zero attached hydrogens (tertiary/aromatic N) is 1. The Morgan fingerprint density at radius 2 is 2.23 bits per heavy atom. The van der Waals surface area contributed by atoms with E-state index in [2.05, 4.69) is 22.4 Å². The van der Waals surface area contributed by atoms with Crippen molar-refractivity contribution in [2.75, 3.05) is 32.8 Å². The highest BCUT2D eigenvalue weighted by atomic mass is 16.5. The molecular formula is C11H13NO. The van der Waals surface area contributed by atoms with Crippen LogP contribution in [0.5, 0.6) is 0 Å². The Morgan fingerprint density at radius 3 is 2.92 bits per heavy atom. The highest BCUT2D eigenvalue weighted by Gasteiger charge is 2.10. The Morgan fingerprint density at radius 1 is 1.38 bits per heavy atom. The monoisotopic (exact) mass is 175 g/mol. The van der Waals surface area contributed by atoms with Gasteiger partial charge in [-0.15, -0.1) is 0 Å². The molecule has 1 saturated heterocycles. The molecule has 0 radical (unpaired) electrons. The average molecular weight is 175 g/mol. The molecule has 0 aromatic heterocycles. The van der Waals surface area contributed by atoms with Gasteiger partial charge in [-0.2, -0.15) is 0 Å². The molecule has 68 valence electrons. The van der Waals surface area contributed by atoms with Crippen LogP contribution in [0.15, 0.2) is 35.3 Å². The van der Waals surface area contributed by atoms with Crippen LogP contribution in [0.2, 0.25) is 0 Å². The summed E-state index contributed by atoms with van der Waals surface area (Å²) in [7, 11) is 0. The van der Waals surface area contributed by atoms with E-state index in [-0.39, 0.29) is 0 Å². The fourth-order valence-corrected chi connectivity index (χ4v) is 1.48. The first-order chi connectivity index (χ1) is 6.45. The molecule has 0 unspecified atom stereocenters. The molecule has 2 heteroatoms. The van der Waals surface area contributed by atoms with Gasteiger partial charge in [0.05, 0.1) is 13.2 Å². The van der Waals surface area contributed by atoms with Crippen molar-refractivity contribution in [3.63, 3.8) is 0 Å². The minimum atomic E-state index is 0.858. The normalized spacial score (nSPS) is 22.0. The van der Waals surface area contributed by atoms with Crippen molar-refractivity contribution in [1.82, 2.24) is 4.90 Å². The number of ether oxygens (including phenoxy) is 1. The van der Waals surface area contributed by atoms with Gasteiger partial charge in [0.15, 0.2) is 0 Å². The van der Waals surface area contributed by atoms with Gasteiger partial charge in [-0.25, -0.2) is 0 Å². The number of hydrogen-bond donors (Lipinski definition) is 0.